The molecular formula is C16H18BrClFNS. The second-order valence-corrected chi connectivity index (χ2v) is 7.51. The normalized spacial score (nSPS) is 12.6. The fourth-order valence-corrected chi connectivity index (χ4v) is 4.05. The molecule has 0 fully saturated rings. The maximum atomic E-state index is 14.0. The SMILES string of the molecule is CCCNC(Cc1c(F)cccc1Cl)c1cc(Br)c(C)s1. The molecule has 0 aliphatic rings. The van der Waals surface area contributed by atoms with Crippen molar-refractivity contribution < 1.29 is 4.39 Å². The molecule has 1 unspecified atom stereocenters. The van der Waals surface area contributed by atoms with Crippen molar-refractivity contribution >= 4 is 38.9 Å². The number of aryl methyl sites for hydroxylation is 1. The van der Waals surface area contributed by atoms with Crippen molar-refractivity contribution in [2.45, 2.75) is 32.7 Å². The molecule has 2 aromatic rings. The van der Waals surface area contributed by atoms with Gasteiger partial charge in [0.15, 0.2) is 0 Å². The first-order valence-corrected chi connectivity index (χ1v) is 8.93. The van der Waals surface area contributed by atoms with E-state index >= 15 is 0 Å². The van der Waals surface area contributed by atoms with Crippen LogP contribution in [0.1, 0.15) is 34.7 Å². The molecule has 2 rings (SSSR count). The molecule has 0 saturated heterocycles. The minimum atomic E-state index is -0.238. The number of nitrogens with one attached hydrogen (secondary N) is 1. The van der Waals surface area contributed by atoms with Gasteiger partial charge in [-0.3, -0.25) is 0 Å². The van der Waals surface area contributed by atoms with Crippen LogP contribution in [0, 0.1) is 12.7 Å². The Morgan fingerprint density at radius 1 is 1.43 bits per heavy atom. The van der Waals surface area contributed by atoms with E-state index in [0.29, 0.717) is 17.0 Å². The van der Waals surface area contributed by atoms with Gasteiger partial charge in [0.05, 0.1) is 0 Å². The fourth-order valence-electron chi connectivity index (χ4n) is 2.18. The lowest BCUT2D eigenvalue weighted by atomic mass is 10.0. The molecule has 1 N–H and O–H groups in total. The Labute approximate surface area is 142 Å². The molecule has 1 atom stereocenters. The number of thiophene rings is 1. The number of rotatable bonds is 6. The second kappa shape index (κ2) is 7.73. The van der Waals surface area contributed by atoms with E-state index in [9.17, 15) is 4.39 Å². The van der Waals surface area contributed by atoms with Crippen LogP contribution in [0.2, 0.25) is 5.02 Å². The Morgan fingerprint density at radius 3 is 2.76 bits per heavy atom. The Bertz CT molecular complexity index is 575. The van der Waals surface area contributed by atoms with Crippen LogP contribution in [0.4, 0.5) is 4.39 Å². The van der Waals surface area contributed by atoms with E-state index in [1.807, 2.05) is 0 Å². The molecule has 0 amide bonds. The van der Waals surface area contributed by atoms with Crippen molar-refractivity contribution in [1.29, 1.82) is 0 Å². The smallest absolute Gasteiger partial charge is 0.127 e. The highest BCUT2D eigenvalue weighted by Gasteiger charge is 2.18. The van der Waals surface area contributed by atoms with Crippen molar-refractivity contribution in [3.8, 4) is 0 Å². The van der Waals surface area contributed by atoms with E-state index in [0.717, 1.165) is 17.4 Å². The molecule has 21 heavy (non-hydrogen) atoms. The summed E-state index contributed by atoms with van der Waals surface area (Å²) in [7, 11) is 0. The zero-order valence-electron chi connectivity index (χ0n) is 12.1. The van der Waals surface area contributed by atoms with E-state index < -0.39 is 0 Å². The maximum absolute atomic E-state index is 14.0. The van der Waals surface area contributed by atoms with Crippen molar-refractivity contribution in [3.63, 3.8) is 0 Å². The van der Waals surface area contributed by atoms with Gasteiger partial charge in [0, 0.05) is 30.9 Å². The Hall–Kier alpha value is -0.420. The minimum Gasteiger partial charge on any atom is -0.309 e. The van der Waals surface area contributed by atoms with Gasteiger partial charge in [0.1, 0.15) is 5.82 Å². The molecule has 0 aliphatic carbocycles. The number of hydrogen-bond acceptors (Lipinski definition) is 2. The van der Waals surface area contributed by atoms with E-state index in [1.54, 1.807) is 23.5 Å². The Kier molecular flexibility index (Phi) is 6.23. The molecule has 0 bridgehead atoms. The van der Waals surface area contributed by atoms with E-state index in [4.69, 9.17) is 11.6 Å². The number of halogens is 3. The third-order valence-corrected chi connectivity index (χ3v) is 5.93. The molecule has 0 saturated carbocycles. The average Bonchev–Trinajstić information content (AvgIpc) is 2.77. The van der Waals surface area contributed by atoms with Gasteiger partial charge in [-0.15, -0.1) is 11.3 Å². The summed E-state index contributed by atoms with van der Waals surface area (Å²) in [6.07, 6.45) is 1.59. The van der Waals surface area contributed by atoms with Crippen molar-refractivity contribution in [1.82, 2.24) is 5.32 Å². The molecule has 0 spiro atoms. The van der Waals surface area contributed by atoms with Gasteiger partial charge in [-0.2, -0.15) is 0 Å². The van der Waals surface area contributed by atoms with Gasteiger partial charge in [-0.05, 0) is 60.4 Å². The summed E-state index contributed by atoms with van der Waals surface area (Å²) in [5.74, 6) is -0.238. The predicted octanol–water partition coefficient (Wildman–Crippen LogP) is 5.89. The second-order valence-electron chi connectivity index (χ2n) is 4.96. The van der Waals surface area contributed by atoms with Crippen LogP contribution in [-0.2, 0) is 6.42 Å². The van der Waals surface area contributed by atoms with Crippen molar-refractivity contribution in [2.24, 2.45) is 0 Å². The first-order chi connectivity index (χ1) is 10.0. The van der Waals surface area contributed by atoms with E-state index in [2.05, 4.69) is 41.2 Å². The highest BCUT2D eigenvalue weighted by atomic mass is 79.9. The summed E-state index contributed by atoms with van der Waals surface area (Å²) < 4.78 is 15.1. The lowest BCUT2D eigenvalue weighted by Crippen LogP contribution is -2.23. The van der Waals surface area contributed by atoms with Gasteiger partial charge < -0.3 is 5.32 Å². The Balaban J connectivity index is 2.28. The fraction of sp³-hybridized carbons (Fsp3) is 0.375. The minimum absolute atomic E-state index is 0.0781. The number of benzene rings is 1. The molecule has 1 nitrogen and oxygen atoms in total. The largest absolute Gasteiger partial charge is 0.309 e. The zero-order chi connectivity index (χ0) is 15.4. The molecule has 1 aromatic heterocycles. The average molecular weight is 391 g/mol. The van der Waals surface area contributed by atoms with Crippen LogP contribution in [0.15, 0.2) is 28.7 Å². The highest BCUT2D eigenvalue weighted by Crippen LogP contribution is 2.33. The van der Waals surface area contributed by atoms with Gasteiger partial charge in [0.2, 0.25) is 0 Å². The zero-order valence-corrected chi connectivity index (χ0v) is 15.2. The summed E-state index contributed by atoms with van der Waals surface area (Å²) in [6.45, 7) is 5.09. The van der Waals surface area contributed by atoms with Crippen LogP contribution in [0.5, 0.6) is 0 Å². The highest BCUT2D eigenvalue weighted by molar-refractivity contribution is 9.10. The number of hydrogen-bond donors (Lipinski definition) is 1. The monoisotopic (exact) mass is 389 g/mol. The standard InChI is InChI=1S/C16H18BrClFNS/c1-3-7-20-15(16-9-12(17)10(2)21-16)8-11-13(18)5-4-6-14(11)19/h4-6,9,15,20H,3,7-8H2,1-2H3. The van der Waals surface area contributed by atoms with Crippen LogP contribution in [0.25, 0.3) is 0 Å². The molecule has 5 heteroatoms. The van der Waals surface area contributed by atoms with Crippen LogP contribution < -0.4 is 5.32 Å². The van der Waals surface area contributed by atoms with Gasteiger partial charge >= 0.3 is 0 Å². The van der Waals surface area contributed by atoms with E-state index in [-0.39, 0.29) is 11.9 Å². The molecule has 114 valence electrons. The van der Waals surface area contributed by atoms with Crippen LogP contribution >= 0.6 is 38.9 Å². The molecule has 1 aromatic carbocycles. The summed E-state index contributed by atoms with van der Waals surface area (Å²) in [4.78, 5) is 2.43. The third kappa shape index (κ3) is 4.28. The predicted molar refractivity (Wildman–Crippen MR) is 92.9 cm³/mol. The summed E-state index contributed by atoms with van der Waals surface area (Å²) in [5, 5.41) is 3.98. The molecule has 1 heterocycles. The molecule has 0 aliphatic heterocycles. The molecule has 0 radical (unpaired) electrons. The topological polar surface area (TPSA) is 12.0 Å². The maximum Gasteiger partial charge on any atom is 0.127 e. The quantitative estimate of drug-likeness (QED) is 0.648. The summed E-state index contributed by atoms with van der Waals surface area (Å²) in [6, 6.07) is 7.04. The van der Waals surface area contributed by atoms with Crippen molar-refractivity contribution in [3.05, 3.63) is 54.9 Å². The van der Waals surface area contributed by atoms with Crippen LogP contribution in [-0.4, -0.2) is 6.54 Å². The lowest BCUT2D eigenvalue weighted by Gasteiger charge is -2.18. The Morgan fingerprint density at radius 2 is 2.19 bits per heavy atom. The third-order valence-electron chi connectivity index (χ3n) is 3.33. The first-order valence-electron chi connectivity index (χ1n) is 6.95. The molecular weight excluding hydrogens is 373 g/mol. The first kappa shape index (κ1) is 16.9. The van der Waals surface area contributed by atoms with Gasteiger partial charge in [0.25, 0.3) is 0 Å². The summed E-state index contributed by atoms with van der Waals surface area (Å²) >= 11 is 11.4. The summed E-state index contributed by atoms with van der Waals surface area (Å²) in [5.41, 5.74) is 0.579. The van der Waals surface area contributed by atoms with E-state index in [1.165, 1.54) is 15.8 Å². The van der Waals surface area contributed by atoms with Gasteiger partial charge in [-0.25, -0.2) is 4.39 Å². The van der Waals surface area contributed by atoms with Gasteiger partial charge in [-0.1, -0.05) is 24.6 Å². The van der Waals surface area contributed by atoms with Crippen LogP contribution in [0.3, 0.4) is 0 Å². The van der Waals surface area contributed by atoms with Crippen molar-refractivity contribution in [2.75, 3.05) is 6.54 Å². The lowest BCUT2D eigenvalue weighted by molar-refractivity contribution is 0.519.